The van der Waals surface area contributed by atoms with E-state index in [1.165, 1.54) is 0 Å². The van der Waals surface area contributed by atoms with E-state index in [0.717, 1.165) is 13.1 Å². The van der Waals surface area contributed by atoms with Gasteiger partial charge >= 0.3 is 6.03 Å². The van der Waals surface area contributed by atoms with E-state index in [4.69, 9.17) is 4.74 Å². The molecule has 0 aromatic carbocycles. The molecule has 2 atom stereocenters. The molecule has 3 N–H and O–H groups in total. The lowest BCUT2D eigenvalue weighted by Gasteiger charge is -2.18. The van der Waals surface area contributed by atoms with Crippen molar-refractivity contribution in [2.75, 3.05) is 26.7 Å². The summed E-state index contributed by atoms with van der Waals surface area (Å²) in [6, 6.07) is -0.0465. The van der Waals surface area contributed by atoms with Crippen molar-refractivity contribution in [3.63, 3.8) is 0 Å². The number of ether oxygens (including phenoxy) is 1. The number of carbonyl (C=O) groups excluding carboxylic acids is 1. The molecule has 6 heteroatoms. The maximum absolute atomic E-state index is 11.2. The van der Waals surface area contributed by atoms with E-state index < -0.39 is 0 Å². The maximum Gasteiger partial charge on any atom is 0.315 e. The second kappa shape index (κ2) is 6.86. The molecule has 1 heterocycles. The second-order valence-corrected chi connectivity index (χ2v) is 3.04. The Hall–Kier alpha value is -0.520. The SMILES string of the molecule is CCNC(=O)NC1CNCC1OC.Cl. The average molecular weight is 224 g/mol. The summed E-state index contributed by atoms with van der Waals surface area (Å²) in [7, 11) is 1.66. The zero-order valence-electron chi connectivity index (χ0n) is 8.50. The third-order valence-corrected chi connectivity index (χ3v) is 2.12. The molecule has 1 aliphatic rings. The van der Waals surface area contributed by atoms with Crippen LogP contribution in [0.4, 0.5) is 4.79 Å². The highest BCUT2D eigenvalue weighted by Crippen LogP contribution is 2.02. The van der Waals surface area contributed by atoms with E-state index in [1.807, 2.05) is 6.92 Å². The molecule has 5 nitrogen and oxygen atoms in total. The number of rotatable bonds is 3. The minimum atomic E-state index is -0.127. The molecule has 2 unspecified atom stereocenters. The van der Waals surface area contributed by atoms with Crippen molar-refractivity contribution >= 4 is 18.4 Å². The zero-order chi connectivity index (χ0) is 9.68. The van der Waals surface area contributed by atoms with Crippen molar-refractivity contribution in [1.29, 1.82) is 0 Å². The van der Waals surface area contributed by atoms with E-state index in [1.54, 1.807) is 7.11 Å². The number of amides is 2. The van der Waals surface area contributed by atoms with Crippen LogP contribution >= 0.6 is 12.4 Å². The van der Waals surface area contributed by atoms with Crippen LogP contribution in [0.2, 0.25) is 0 Å². The van der Waals surface area contributed by atoms with Crippen molar-refractivity contribution in [2.24, 2.45) is 0 Å². The molecule has 1 rings (SSSR count). The molecule has 1 fully saturated rings. The van der Waals surface area contributed by atoms with Gasteiger partial charge in [-0.25, -0.2) is 4.79 Å². The normalized spacial score (nSPS) is 25.3. The Labute approximate surface area is 90.4 Å². The second-order valence-electron chi connectivity index (χ2n) is 3.04. The van der Waals surface area contributed by atoms with Crippen LogP contribution in [0.15, 0.2) is 0 Å². The van der Waals surface area contributed by atoms with E-state index in [2.05, 4.69) is 16.0 Å². The van der Waals surface area contributed by atoms with Gasteiger partial charge in [-0.2, -0.15) is 0 Å². The molecule has 0 spiro atoms. The summed E-state index contributed by atoms with van der Waals surface area (Å²) in [5, 5.41) is 8.68. The first-order valence-electron chi connectivity index (χ1n) is 4.55. The molecule has 84 valence electrons. The Morgan fingerprint density at radius 2 is 2.29 bits per heavy atom. The van der Waals surface area contributed by atoms with Gasteiger partial charge in [0.2, 0.25) is 0 Å². The minimum Gasteiger partial charge on any atom is -0.378 e. The van der Waals surface area contributed by atoms with Crippen molar-refractivity contribution < 1.29 is 9.53 Å². The van der Waals surface area contributed by atoms with Gasteiger partial charge in [0.05, 0.1) is 12.1 Å². The summed E-state index contributed by atoms with van der Waals surface area (Å²) < 4.78 is 5.20. The summed E-state index contributed by atoms with van der Waals surface area (Å²) in [6.07, 6.45) is 0.0857. The number of hydrogen-bond donors (Lipinski definition) is 3. The van der Waals surface area contributed by atoms with Gasteiger partial charge in [0.1, 0.15) is 0 Å². The fourth-order valence-electron chi connectivity index (χ4n) is 1.43. The van der Waals surface area contributed by atoms with Crippen LogP contribution < -0.4 is 16.0 Å². The van der Waals surface area contributed by atoms with Crippen molar-refractivity contribution in [2.45, 2.75) is 19.1 Å². The molecular weight excluding hydrogens is 206 g/mol. The summed E-state index contributed by atoms with van der Waals surface area (Å²) >= 11 is 0. The van der Waals surface area contributed by atoms with Crippen LogP contribution in [-0.2, 0) is 4.74 Å². The number of hydrogen-bond acceptors (Lipinski definition) is 3. The maximum atomic E-state index is 11.2. The van der Waals surface area contributed by atoms with Crippen LogP contribution in [0.1, 0.15) is 6.92 Å². The minimum absolute atomic E-state index is 0. The van der Waals surface area contributed by atoms with Gasteiger partial charge in [-0.05, 0) is 6.92 Å². The van der Waals surface area contributed by atoms with Gasteiger partial charge in [0.25, 0.3) is 0 Å². The molecule has 1 aliphatic heterocycles. The highest BCUT2D eigenvalue weighted by atomic mass is 35.5. The van der Waals surface area contributed by atoms with E-state index >= 15 is 0 Å². The van der Waals surface area contributed by atoms with Crippen LogP contribution in [0, 0.1) is 0 Å². The zero-order valence-corrected chi connectivity index (χ0v) is 9.32. The van der Waals surface area contributed by atoms with E-state index in [0.29, 0.717) is 6.54 Å². The predicted molar refractivity (Wildman–Crippen MR) is 56.9 cm³/mol. The Kier molecular flexibility index (Phi) is 6.61. The molecule has 0 bridgehead atoms. The summed E-state index contributed by atoms with van der Waals surface area (Å²) in [5.41, 5.74) is 0. The summed E-state index contributed by atoms with van der Waals surface area (Å²) in [5.74, 6) is 0. The predicted octanol–water partition coefficient (Wildman–Crippen LogP) is -0.286. The Balaban J connectivity index is 0.00000169. The smallest absolute Gasteiger partial charge is 0.315 e. The lowest BCUT2D eigenvalue weighted by atomic mass is 10.2. The van der Waals surface area contributed by atoms with Crippen LogP contribution in [0.3, 0.4) is 0 Å². The highest BCUT2D eigenvalue weighted by Gasteiger charge is 2.27. The first-order chi connectivity index (χ1) is 6.27. The third kappa shape index (κ3) is 3.69. The lowest BCUT2D eigenvalue weighted by Crippen LogP contribution is -2.47. The van der Waals surface area contributed by atoms with Gasteiger partial charge < -0.3 is 20.7 Å². The van der Waals surface area contributed by atoms with Crippen molar-refractivity contribution in [3.05, 3.63) is 0 Å². The monoisotopic (exact) mass is 223 g/mol. The van der Waals surface area contributed by atoms with Crippen LogP contribution in [0.25, 0.3) is 0 Å². The molecule has 0 aromatic rings. The molecule has 0 radical (unpaired) electrons. The van der Waals surface area contributed by atoms with Gasteiger partial charge in [0, 0.05) is 26.7 Å². The van der Waals surface area contributed by atoms with Gasteiger partial charge in [-0.3, -0.25) is 0 Å². The highest BCUT2D eigenvalue weighted by molar-refractivity contribution is 5.85. The molecular formula is C8H18ClN3O2. The Bertz CT molecular complexity index is 180. The molecule has 2 amide bonds. The van der Waals surface area contributed by atoms with Gasteiger partial charge in [0.15, 0.2) is 0 Å². The first-order valence-corrected chi connectivity index (χ1v) is 4.55. The number of methoxy groups -OCH3 is 1. The van der Waals surface area contributed by atoms with Gasteiger partial charge in [-0.1, -0.05) is 0 Å². The number of carbonyl (C=O) groups is 1. The average Bonchev–Trinajstić information content (AvgIpc) is 2.52. The summed E-state index contributed by atoms with van der Waals surface area (Å²) in [4.78, 5) is 11.2. The Morgan fingerprint density at radius 3 is 2.86 bits per heavy atom. The Morgan fingerprint density at radius 1 is 1.57 bits per heavy atom. The topological polar surface area (TPSA) is 62.4 Å². The molecule has 0 aliphatic carbocycles. The number of urea groups is 1. The van der Waals surface area contributed by atoms with Crippen molar-refractivity contribution in [3.8, 4) is 0 Å². The first kappa shape index (κ1) is 13.5. The van der Waals surface area contributed by atoms with Crippen LogP contribution in [-0.4, -0.2) is 44.9 Å². The molecule has 1 saturated heterocycles. The largest absolute Gasteiger partial charge is 0.378 e. The molecule has 14 heavy (non-hydrogen) atoms. The fraction of sp³-hybridized carbons (Fsp3) is 0.875. The lowest BCUT2D eigenvalue weighted by molar-refractivity contribution is 0.0984. The van der Waals surface area contributed by atoms with E-state index in [9.17, 15) is 4.79 Å². The van der Waals surface area contributed by atoms with Crippen molar-refractivity contribution in [1.82, 2.24) is 16.0 Å². The van der Waals surface area contributed by atoms with E-state index in [-0.39, 0.29) is 30.6 Å². The quantitative estimate of drug-likeness (QED) is 0.617. The fourth-order valence-corrected chi connectivity index (χ4v) is 1.43. The van der Waals surface area contributed by atoms with Crippen LogP contribution in [0.5, 0.6) is 0 Å². The standard InChI is InChI=1S/C8H17N3O2.ClH/c1-3-10-8(12)11-6-4-9-5-7(6)13-2;/h6-7,9H,3-5H2,1-2H3,(H2,10,11,12);1H. The summed E-state index contributed by atoms with van der Waals surface area (Å²) in [6.45, 7) is 4.10. The number of nitrogens with one attached hydrogen (secondary N) is 3. The molecule has 0 aromatic heterocycles. The number of halogens is 1. The van der Waals surface area contributed by atoms with Gasteiger partial charge in [-0.15, -0.1) is 12.4 Å². The molecule has 0 saturated carbocycles. The third-order valence-electron chi connectivity index (χ3n) is 2.12.